The minimum absolute atomic E-state index is 1.01. The van der Waals surface area contributed by atoms with E-state index in [-0.39, 0.29) is 0 Å². The minimum atomic E-state index is 1.01. The first kappa shape index (κ1) is 8.32. The number of para-hydroxylation sites is 2. The predicted molar refractivity (Wildman–Crippen MR) is 55.5 cm³/mol. The van der Waals surface area contributed by atoms with E-state index in [0.29, 0.717) is 0 Å². The van der Waals surface area contributed by atoms with Gasteiger partial charge in [-0.2, -0.15) is 0 Å². The maximum atomic E-state index is 3.79. The molecule has 0 aromatic heterocycles. The van der Waals surface area contributed by atoms with Crippen LogP contribution in [0.4, 0.5) is 11.4 Å². The highest BCUT2D eigenvalue weighted by atomic mass is 15.2. The van der Waals surface area contributed by atoms with Gasteiger partial charge in [-0.3, -0.25) is 4.90 Å². The lowest BCUT2D eigenvalue weighted by Crippen LogP contribution is -3.08. The molecule has 13 heavy (non-hydrogen) atoms. The topological polar surface area (TPSA) is 16.5 Å². The van der Waals surface area contributed by atoms with E-state index in [2.05, 4.69) is 36.2 Å². The molecule has 0 bridgehead atoms. The number of quaternary nitrogens is 1. The molecule has 0 saturated carbocycles. The molecule has 1 aromatic rings. The summed E-state index contributed by atoms with van der Waals surface area (Å²) in [5.41, 5.74) is 2.64. The molecule has 1 aliphatic heterocycles. The van der Waals surface area contributed by atoms with Gasteiger partial charge in [0.1, 0.15) is 6.54 Å². The normalized spacial score (nSPS) is 20.2. The van der Waals surface area contributed by atoms with Crippen LogP contribution in [0, 0.1) is 0 Å². The standard InChI is InChI=1S/C11H14N2/c1-2-8-13-9-7-12-10-5-3-4-6-11(10)13/h2-6,12H,1,7-9H2/p+1. The second-order valence-electron chi connectivity index (χ2n) is 3.32. The Morgan fingerprint density at radius 2 is 2.31 bits per heavy atom. The summed E-state index contributed by atoms with van der Waals surface area (Å²) in [4.78, 5) is 1.50. The largest absolute Gasteiger partial charge is 0.375 e. The average molecular weight is 175 g/mol. The Bertz CT molecular complexity index is 307. The van der Waals surface area contributed by atoms with Gasteiger partial charge in [0.2, 0.25) is 0 Å². The summed E-state index contributed by atoms with van der Waals surface area (Å²) in [6.45, 7) is 7.00. The Kier molecular flexibility index (Phi) is 2.32. The highest BCUT2D eigenvalue weighted by Crippen LogP contribution is 2.17. The highest BCUT2D eigenvalue weighted by Gasteiger charge is 2.18. The van der Waals surface area contributed by atoms with E-state index in [9.17, 15) is 0 Å². The quantitative estimate of drug-likeness (QED) is 0.636. The van der Waals surface area contributed by atoms with Gasteiger partial charge in [-0.15, -0.1) is 0 Å². The fourth-order valence-corrected chi connectivity index (χ4v) is 1.81. The lowest BCUT2D eigenvalue weighted by molar-refractivity contribution is -0.825. The summed E-state index contributed by atoms with van der Waals surface area (Å²) in [6, 6.07) is 8.48. The number of hydrogen-bond donors (Lipinski definition) is 2. The number of fused-ring (bicyclic) bond motifs is 1. The molecule has 0 aliphatic carbocycles. The number of nitrogens with one attached hydrogen (secondary N) is 2. The predicted octanol–water partition coefficient (Wildman–Crippen LogP) is 0.814. The Morgan fingerprint density at radius 1 is 1.46 bits per heavy atom. The van der Waals surface area contributed by atoms with E-state index in [1.807, 2.05) is 6.08 Å². The van der Waals surface area contributed by atoms with Crippen molar-refractivity contribution in [2.75, 3.05) is 25.0 Å². The molecule has 0 saturated heterocycles. The molecule has 1 aromatic carbocycles. The van der Waals surface area contributed by atoms with Crippen molar-refractivity contribution >= 4 is 11.4 Å². The minimum Gasteiger partial charge on any atom is -0.375 e. The summed E-state index contributed by atoms with van der Waals surface area (Å²) in [7, 11) is 0. The Labute approximate surface area is 78.9 Å². The van der Waals surface area contributed by atoms with Gasteiger partial charge in [-0.1, -0.05) is 18.7 Å². The lowest BCUT2D eigenvalue weighted by atomic mass is 10.2. The molecule has 0 fully saturated rings. The van der Waals surface area contributed by atoms with Crippen LogP contribution in [0.3, 0.4) is 0 Å². The van der Waals surface area contributed by atoms with Crippen molar-refractivity contribution in [2.45, 2.75) is 0 Å². The zero-order chi connectivity index (χ0) is 9.10. The smallest absolute Gasteiger partial charge is 0.154 e. The molecule has 1 unspecified atom stereocenters. The first-order valence-electron chi connectivity index (χ1n) is 4.70. The van der Waals surface area contributed by atoms with Crippen molar-refractivity contribution in [3.05, 3.63) is 36.9 Å². The Balaban J connectivity index is 2.31. The fourth-order valence-electron chi connectivity index (χ4n) is 1.81. The average Bonchev–Trinajstić information content (AvgIpc) is 2.19. The van der Waals surface area contributed by atoms with E-state index in [1.54, 1.807) is 0 Å². The SMILES string of the molecule is C=CC[NH+]1CCNc2ccccc21. The zero-order valence-corrected chi connectivity index (χ0v) is 7.72. The molecule has 2 N–H and O–H groups in total. The van der Waals surface area contributed by atoms with Gasteiger partial charge >= 0.3 is 0 Å². The van der Waals surface area contributed by atoms with Crippen LogP contribution < -0.4 is 10.2 Å². The fraction of sp³-hybridized carbons (Fsp3) is 0.273. The number of rotatable bonds is 2. The van der Waals surface area contributed by atoms with Crippen LogP contribution in [0.2, 0.25) is 0 Å². The van der Waals surface area contributed by atoms with Gasteiger partial charge in [0.15, 0.2) is 5.69 Å². The molecule has 1 heterocycles. The van der Waals surface area contributed by atoms with Crippen LogP contribution in [-0.2, 0) is 0 Å². The van der Waals surface area contributed by atoms with Crippen molar-refractivity contribution in [2.24, 2.45) is 0 Å². The molecular weight excluding hydrogens is 160 g/mol. The number of hydrogen-bond acceptors (Lipinski definition) is 1. The van der Waals surface area contributed by atoms with Crippen molar-refractivity contribution in [1.29, 1.82) is 0 Å². The molecule has 0 spiro atoms. The third kappa shape index (κ3) is 1.58. The van der Waals surface area contributed by atoms with Crippen molar-refractivity contribution in [1.82, 2.24) is 0 Å². The van der Waals surface area contributed by atoms with Gasteiger partial charge < -0.3 is 5.32 Å². The zero-order valence-electron chi connectivity index (χ0n) is 7.72. The first-order chi connectivity index (χ1) is 6.42. The summed E-state index contributed by atoms with van der Waals surface area (Å²) < 4.78 is 0. The summed E-state index contributed by atoms with van der Waals surface area (Å²) >= 11 is 0. The molecule has 0 radical (unpaired) electrons. The second-order valence-corrected chi connectivity index (χ2v) is 3.32. The van der Waals surface area contributed by atoms with E-state index in [4.69, 9.17) is 0 Å². The third-order valence-corrected chi connectivity index (χ3v) is 2.44. The van der Waals surface area contributed by atoms with Crippen LogP contribution in [0.1, 0.15) is 0 Å². The van der Waals surface area contributed by atoms with Crippen molar-refractivity contribution in [3.8, 4) is 0 Å². The van der Waals surface area contributed by atoms with Gasteiger partial charge in [-0.25, -0.2) is 0 Å². The summed E-state index contributed by atoms with van der Waals surface area (Å²) in [5.74, 6) is 0. The van der Waals surface area contributed by atoms with E-state index in [0.717, 1.165) is 19.6 Å². The van der Waals surface area contributed by atoms with E-state index in [1.165, 1.54) is 16.3 Å². The number of anilines is 1. The maximum Gasteiger partial charge on any atom is 0.154 e. The number of benzene rings is 1. The van der Waals surface area contributed by atoms with Crippen LogP contribution >= 0.6 is 0 Å². The third-order valence-electron chi connectivity index (χ3n) is 2.44. The van der Waals surface area contributed by atoms with Gasteiger partial charge in [0.05, 0.1) is 18.8 Å². The second kappa shape index (κ2) is 3.62. The van der Waals surface area contributed by atoms with Crippen LogP contribution in [0.5, 0.6) is 0 Å². The van der Waals surface area contributed by atoms with Crippen LogP contribution in [0.25, 0.3) is 0 Å². The van der Waals surface area contributed by atoms with Gasteiger partial charge in [0, 0.05) is 6.07 Å². The monoisotopic (exact) mass is 175 g/mol. The summed E-state index contributed by atoms with van der Waals surface area (Å²) in [6.07, 6.45) is 1.98. The van der Waals surface area contributed by atoms with Gasteiger partial charge in [0.25, 0.3) is 0 Å². The molecule has 1 aliphatic rings. The van der Waals surface area contributed by atoms with E-state index >= 15 is 0 Å². The van der Waals surface area contributed by atoms with Crippen LogP contribution in [0.15, 0.2) is 36.9 Å². The maximum absolute atomic E-state index is 3.79. The molecule has 2 rings (SSSR count). The van der Waals surface area contributed by atoms with Crippen molar-refractivity contribution in [3.63, 3.8) is 0 Å². The molecule has 1 atom stereocenters. The summed E-state index contributed by atoms with van der Waals surface area (Å²) in [5, 5.41) is 3.40. The van der Waals surface area contributed by atoms with Crippen LogP contribution in [-0.4, -0.2) is 19.6 Å². The van der Waals surface area contributed by atoms with E-state index < -0.39 is 0 Å². The van der Waals surface area contributed by atoms with Gasteiger partial charge in [-0.05, 0) is 12.1 Å². The first-order valence-corrected chi connectivity index (χ1v) is 4.70. The molecular formula is C11H15N2+. The molecule has 0 amide bonds. The molecule has 2 nitrogen and oxygen atoms in total. The molecule has 2 heteroatoms. The van der Waals surface area contributed by atoms with Crippen molar-refractivity contribution < 1.29 is 4.90 Å². The Hall–Kier alpha value is -1.28. The highest BCUT2D eigenvalue weighted by molar-refractivity contribution is 5.61. The molecule has 68 valence electrons. The lowest BCUT2D eigenvalue weighted by Gasteiger charge is -2.25. The Morgan fingerprint density at radius 3 is 3.15 bits per heavy atom.